The maximum Gasteiger partial charge on any atom is 0.263 e. The normalized spacial score (nSPS) is 24.5. The van der Waals surface area contributed by atoms with Crippen LogP contribution < -0.4 is 5.73 Å². The van der Waals surface area contributed by atoms with E-state index in [9.17, 15) is 8.78 Å². The molecule has 1 fully saturated rings. The molecule has 4 heteroatoms. The fourth-order valence-corrected chi connectivity index (χ4v) is 3.47. The minimum absolute atomic E-state index is 0.0130. The smallest absolute Gasteiger partial charge is 0.263 e. The van der Waals surface area contributed by atoms with E-state index in [-0.39, 0.29) is 11.6 Å². The molecule has 1 aromatic rings. The molecule has 2 nitrogen and oxygen atoms in total. The van der Waals surface area contributed by atoms with Crippen molar-refractivity contribution in [3.05, 3.63) is 35.4 Å². The molecule has 2 N–H and O–H groups in total. The summed E-state index contributed by atoms with van der Waals surface area (Å²) >= 11 is 0. The minimum Gasteiger partial charge on any atom is -0.329 e. The summed E-state index contributed by atoms with van der Waals surface area (Å²) in [6, 6.07) is 7.20. The highest BCUT2D eigenvalue weighted by atomic mass is 19.3. The molecule has 0 bridgehead atoms. The lowest BCUT2D eigenvalue weighted by Gasteiger charge is -2.39. The Hall–Kier alpha value is -1.00. The standard InChI is InChI=1S/C17H26F2N2/c1-12-5-3-8-15(9-12)21(2)16(11-20)13-6-4-7-14(10-13)17(18)19/h4,6-7,10,12,15-17H,3,5,8-9,11,20H2,1-2H3. The fourth-order valence-electron chi connectivity index (χ4n) is 3.47. The summed E-state index contributed by atoms with van der Waals surface area (Å²) in [5.74, 6) is 0.733. The van der Waals surface area contributed by atoms with E-state index in [0.29, 0.717) is 12.6 Å². The van der Waals surface area contributed by atoms with E-state index >= 15 is 0 Å². The van der Waals surface area contributed by atoms with Crippen LogP contribution in [0.25, 0.3) is 0 Å². The van der Waals surface area contributed by atoms with Gasteiger partial charge in [0.05, 0.1) is 0 Å². The van der Waals surface area contributed by atoms with Gasteiger partial charge in [-0.05, 0) is 37.4 Å². The molecule has 0 heterocycles. The molecule has 118 valence electrons. The number of benzene rings is 1. The van der Waals surface area contributed by atoms with Crippen LogP contribution in [0.1, 0.15) is 56.2 Å². The lowest BCUT2D eigenvalue weighted by molar-refractivity contribution is 0.120. The van der Waals surface area contributed by atoms with Crippen LogP contribution in [-0.2, 0) is 0 Å². The van der Waals surface area contributed by atoms with Crippen LogP contribution >= 0.6 is 0 Å². The molecule has 3 unspecified atom stereocenters. The van der Waals surface area contributed by atoms with Crippen LogP contribution in [0.15, 0.2) is 24.3 Å². The van der Waals surface area contributed by atoms with Crippen molar-refractivity contribution in [3.63, 3.8) is 0 Å². The molecule has 1 saturated carbocycles. The fraction of sp³-hybridized carbons (Fsp3) is 0.647. The Kier molecular flexibility index (Phi) is 5.71. The average Bonchev–Trinajstić information content (AvgIpc) is 2.48. The van der Waals surface area contributed by atoms with Gasteiger partial charge in [-0.25, -0.2) is 8.78 Å². The summed E-state index contributed by atoms with van der Waals surface area (Å²) < 4.78 is 25.8. The maximum atomic E-state index is 12.9. The van der Waals surface area contributed by atoms with Crippen molar-refractivity contribution in [1.82, 2.24) is 4.90 Å². The van der Waals surface area contributed by atoms with Crippen molar-refractivity contribution < 1.29 is 8.78 Å². The zero-order chi connectivity index (χ0) is 15.4. The van der Waals surface area contributed by atoms with Crippen LogP contribution in [0.3, 0.4) is 0 Å². The van der Waals surface area contributed by atoms with E-state index in [1.54, 1.807) is 12.1 Å². The summed E-state index contributed by atoms with van der Waals surface area (Å²) in [6.07, 6.45) is 2.44. The van der Waals surface area contributed by atoms with Gasteiger partial charge in [-0.1, -0.05) is 38.0 Å². The number of nitrogens with two attached hydrogens (primary N) is 1. The average molecular weight is 296 g/mol. The number of halogens is 2. The second-order valence-corrected chi connectivity index (χ2v) is 6.31. The lowest BCUT2D eigenvalue weighted by Crippen LogP contribution is -2.41. The molecule has 21 heavy (non-hydrogen) atoms. The van der Waals surface area contributed by atoms with Gasteiger partial charge in [-0.3, -0.25) is 4.90 Å². The zero-order valence-electron chi connectivity index (χ0n) is 12.9. The number of likely N-dealkylation sites (N-methyl/N-ethyl adjacent to an activating group) is 1. The molecule has 2 rings (SSSR count). The van der Waals surface area contributed by atoms with Crippen LogP contribution in [0.5, 0.6) is 0 Å². The van der Waals surface area contributed by atoms with E-state index in [1.807, 2.05) is 6.07 Å². The molecular formula is C17H26F2N2. The first-order chi connectivity index (χ1) is 10.0. The van der Waals surface area contributed by atoms with Crippen LogP contribution in [-0.4, -0.2) is 24.5 Å². The van der Waals surface area contributed by atoms with Gasteiger partial charge >= 0.3 is 0 Å². The summed E-state index contributed by atoms with van der Waals surface area (Å²) in [6.45, 7) is 2.74. The number of rotatable bonds is 5. The summed E-state index contributed by atoms with van der Waals surface area (Å²) in [5.41, 5.74) is 6.92. The summed E-state index contributed by atoms with van der Waals surface area (Å²) in [5, 5.41) is 0. The molecule has 0 spiro atoms. The van der Waals surface area contributed by atoms with Crippen molar-refractivity contribution in [2.24, 2.45) is 11.7 Å². The molecule has 0 saturated heterocycles. The molecule has 0 radical (unpaired) electrons. The molecule has 0 aromatic heterocycles. The van der Waals surface area contributed by atoms with E-state index in [4.69, 9.17) is 5.73 Å². The highest BCUT2D eigenvalue weighted by Gasteiger charge is 2.27. The highest BCUT2D eigenvalue weighted by Crippen LogP contribution is 2.32. The predicted molar refractivity (Wildman–Crippen MR) is 82.4 cm³/mol. The predicted octanol–water partition coefficient (Wildman–Crippen LogP) is 4.13. The quantitative estimate of drug-likeness (QED) is 0.885. The van der Waals surface area contributed by atoms with Crippen molar-refractivity contribution in [2.75, 3.05) is 13.6 Å². The molecular weight excluding hydrogens is 270 g/mol. The van der Waals surface area contributed by atoms with Crippen molar-refractivity contribution in [2.45, 2.75) is 51.1 Å². The van der Waals surface area contributed by atoms with E-state index < -0.39 is 6.43 Å². The second-order valence-electron chi connectivity index (χ2n) is 6.31. The Bertz CT molecular complexity index is 450. The Morgan fingerprint density at radius 2 is 2.00 bits per heavy atom. The van der Waals surface area contributed by atoms with E-state index in [1.165, 1.54) is 31.7 Å². The third-order valence-corrected chi connectivity index (χ3v) is 4.75. The Morgan fingerprint density at radius 1 is 1.29 bits per heavy atom. The molecule has 1 aliphatic rings. The molecule has 1 aromatic carbocycles. The summed E-state index contributed by atoms with van der Waals surface area (Å²) in [7, 11) is 2.08. The zero-order valence-corrected chi connectivity index (χ0v) is 12.9. The summed E-state index contributed by atoms with van der Waals surface area (Å²) in [4.78, 5) is 2.29. The van der Waals surface area contributed by atoms with Gasteiger partial charge in [0.25, 0.3) is 6.43 Å². The van der Waals surface area contributed by atoms with Crippen LogP contribution in [0, 0.1) is 5.92 Å². The molecule has 0 aliphatic heterocycles. The maximum absolute atomic E-state index is 12.9. The van der Waals surface area contributed by atoms with Gasteiger partial charge in [-0.2, -0.15) is 0 Å². The van der Waals surface area contributed by atoms with Gasteiger partial charge in [0.2, 0.25) is 0 Å². The van der Waals surface area contributed by atoms with Crippen molar-refractivity contribution in [3.8, 4) is 0 Å². The number of hydrogen-bond donors (Lipinski definition) is 1. The number of alkyl halides is 2. The van der Waals surface area contributed by atoms with Gasteiger partial charge in [-0.15, -0.1) is 0 Å². The second kappa shape index (κ2) is 7.32. The number of nitrogens with zero attached hydrogens (tertiary/aromatic N) is 1. The Labute approximate surface area is 126 Å². The van der Waals surface area contributed by atoms with E-state index in [0.717, 1.165) is 11.5 Å². The van der Waals surface area contributed by atoms with Crippen molar-refractivity contribution in [1.29, 1.82) is 0 Å². The SMILES string of the molecule is CC1CCCC(N(C)C(CN)c2cccc(C(F)F)c2)C1. The van der Waals surface area contributed by atoms with Gasteiger partial charge in [0.1, 0.15) is 0 Å². The molecule has 3 atom stereocenters. The Morgan fingerprint density at radius 3 is 2.62 bits per heavy atom. The first-order valence-corrected chi connectivity index (χ1v) is 7.83. The first-order valence-electron chi connectivity index (χ1n) is 7.83. The van der Waals surface area contributed by atoms with Crippen LogP contribution in [0.4, 0.5) is 8.78 Å². The topological polar surface area (TPSA) is 29.3 Å². The first kappa shape index (κ1) is 16.4. The van der Waals surface area contributed by atoms with Gasteiger partial charge in [0, 0.05) is 24.2 Å². The third kappa shape index (κ3) is 4.01. The third-order valence-electron chi connectivity index (χ3n) is 4.75. The highest BCUT2D eigenvalue weighted by molar-refractivity contribution is 5.27. The van der Waals surface area contributed by atoms with Crippen LogP contribution in [0.2, 0.25) is 0 Å². The monoisotopic (exact) mass is 296 g/mol. The Balaban J connectivity index is 2.16. The van der Waals surface area contributed by atoms with E-state index in [2.05, 4.69) is 18.9 Å². The van der Waals surface area contributed by atoms with Crippen molar-refractivity contribution >= 4 is 0 Å². The minimum atomic E-state index is -2.43. The molecule has 0 amide bonds. The lowest BCUT2D eigenvalue weighted by atomic mass is 9.85. The molecule has 1 aliphatic carbocycles. The van der Waals surface area contributed by atoms with Gasteiger partial charge in [0.15, 0.2) is 0 Å². The van der Waals surface area contributed by atoms with Gasteiger partial charge < -0.3 is 5.73 Å². The largest absolute Gasteiger partial charge is 0.329 e. The number of hydrogen-bond acceptors (Lipinski definition) is 2.